The number of rotatable bonds is 9. The van der Waals surface area contributed by atoms with Gasteiger partial charge in [0.2, 0.25) is 15.9 Å². The number of benzene rings is 3. The fourth-order valence-electron chi connectivity index (χ4n) is 3.04. The first-order valence-corrected chi connectivity index (χ1v) is 11.0. The summed E-state index contributed by atoms with van der Waals surface area (Å²) in [5.74, 6) is -0.203. The summed E-state index contributed by atoms with van der Waals surface area (Å²) < 4.78 is 27.0. The fraction of sp³-hybridized carbons (Fsp3) is 0.174. The van der Waals surface area contributed by atoms with Crippen molar-refractivity contribution in [3.8, 4) is 0 Å². The zero-order valence-electron chi connectivity index (χ0n) is 16.0. The first kappa shape index (κ1) is 20.8. The highest BCUT2D eigenvalue weighted by Gasteiger charge is 2.17. The number of sulfonamides is 1. The van der Waals surface area contributed by atoms with E-state index in [1.54, 1.807) is 18.2 Å². The number of carbonyl (C=O) groups is 1. The average Bonchev–Trinajstić information content (AvgIpc) is 2.75. The monoisotopic (exact) mass is 408 g/mol. The molecule has 3 aromatic rings. The van der Waals surface area contributed by atoms with E-state index >= 15 is 0 Å². The van der Waals surface area contributed by atoms with Gasteiger partial charge in [-0.25, -0.2) is 13.1 Å². The van der Waals surface area contributed by atoms with Gasteiger partial charge in [0.15, 0.2) is 0 Å². The second-order valence-electron chi connectivity index (χ2n) is 6.68. The molecule has 1 atom stereocenters. The van der Waals surface area contributed by atoms with Gasteiger partial charge in [0.05, 0.1) is 10.9 Å². The molecule has 0 aromatic heterocycles. The van der Waals surface area contributed by atoms with Gasteiger partial charge in [-0.3, -0.25) is 4.79 Å². The van der Waals surface area contributed by atoms with Crippen LogP contribution in [0.2, 0.25) is 0 Å². The third kappa shape index (κ3) is 6.27. The highest BCUT2D eigenvalue weighted by atomic mass is 32.2. The molecule has 29 heavy (non-hydrogen) atoms. The molecule has 0 radical (unpaired) electrons. The Morgan fingerprint density at radius 3 is 1.97 bits per heavy atom. The quantitative estimate of drug-likeness (QED) is 0.569. The minimum absolute atomic E-state index is 0.0376. The zero-order valence-corrected chi connectivity index (χ0v) is 16.8. The molecule has 0 saturated heterocycles. The molecule has 2 N–H and O–H groups in total. The fourth-order valence-corrected chi connectivity index (χ4v) is 4.09. The Hall–Kier alpha value is -2.96. The van der Waals surface area contributed by atoms with Crippen LogP contribution >= 0.6 is 0 Å². The molecule has 3 rings (SSSR count). The van der Waals surface area contributed by atoms with Gasteiger partial charge in [0, 0.05) is 13.0 Å². The van der Waals surface area contributed by atoms with Crippen molar-refractivity contribution < 1.29 is 13.2 Å². The Bertz CT molecular complexity index is 1010. The summed E-state index contributed by atoms with van der Waals surface area (Å²) in [6, 6.07) is 27.6. The van der Waals surface area contributed by atoms with Crippen LogP contribution in [-0.4, -0.2) is 20.9 Å². The molecular weight excluding hydrogens is 384 g/mol. The smallest absolute Gasteiger partial charge is 0.240 e. The molecule has 0 spiro atoms. The minimum Gasteiger partial charge on any atom is -0.349 e. The molecule has 0 heterocycles. The summed E-state index contributed by atoms with van der Waals surface area (Å²) >= 11 is 0. The van der Waals surface area contributed by atoms with E-state index < -0.39 is 10.0 Å². The lowest BCUT2D eigenvalue weighted by atomic mass is 9.98. The van der Waals surface area contributed by atoms with Crippen LogP contribution in [0.5, 0.6) is 0 Å². The van der Waals surface area contributed by atoms with E-state index in [0.717, 1.165) is 11.1 Å². The molecule has 0 aliphatic carbocycles. The average molecular weight is 409 g/mol. The van der Waals surface area contributed by atoms with Crippen molar-refractivity contribution in [2.45, 2.75) is 23.8 Å². The predicted molar refractivity (Wildman–Crippen MR) is 114 cm³/mol. The largest absolute Gasteiger partial charge is 0.349 e. The zero-order chi connectivity index (χ0) is 20.5. The van der Waals surface area contributed by atoms with Gasteiger partial charge in [0.25, 0.3) is 0 Å². The van der Waals surface area contributed by atoms with Crippen LogP contribution in [0.4, 0.5) is 0 Å². The Balaban J connectivity index is 1.60. The van der Waals surface area contributed by atoms with E-state index in [1.165, 1.54) is 12.1 Å². The van der Waals surface area contributed by atoms with Crippen molar-refractivity contribution in [3.05, 3.63) is 102 Å². The topological polar surface area (TPSA) is 75.3 Å². The minimum atomic E-state index is -3.62. The van der Waals surface area contributed by atoms with E-state index in [9.17, 15) is 13.2 Å². The molecule has 0 aliphatic rings. The van der Waals surface area contributed by atoms with Gasteiger partial charge in [0.1, 0.15) is 0 Å². The van der Waals surface area contributed by atoms with E-state index in [0.29, 0.717) is 6.42 Å². The summed E-state index contributed by atoms with van der Waals surface area (Å²) in [7, 11) is -3.62. The van der Waals surface area contributed by atoms with E-state index in [1.807, 2.05) is 60.7 Å². The van der Waals surface area contributed by atoms with E-state index in [4.69, 9.17) is 0 Å². The van der Waals surface area contributed by atoms with E-state index in [-0.39, 0.29) is 29.8 Å². The summed E-state index contributed by atoms with van der Waals surface area (Å²) in [6.07, 6.45) is 0.719. The summed E-state index contributed by atoms with van der Waals surface area (Å²) in [4.78, 5) is 12.7. The van der Waals surface area contributed by atoms with Gasteiger partial charge in [-0.1, -0.05) is 78.9 Å². The molecule has 3 aromatic carbocycles. The Morgan fingerprint density at radius 2 is 1.34 bits per heavy atom. The summed E-state index contributed by atoms with van der Waals surface area (Å²) in [5.41, 5.74) is 2.13. The molecule has 0 aliphatic heterocycles. The van der Waals surface area contributed by atoms with Crippen molar-refractivity contribution >= 4 is 15.9 Å². The number of hydrogen-bond donors (Lipinski definition) is 2. The van der Waals surface area contributed by atoms with Crippen molar-refractivity contribution in [1.29, 1.82) is 0 Å². The Morgan fingerprint density at radius 1 is 0.793 bits per heavy atom. The van der Waals surface area contributed by atoms with Crippen LogP contribution in [0, 0.1) is 0 Å². The van der Waals surface area contributed by atoms with Crippen LogP contribution in [-0.2, 0) is 21.2 Å². The maximum absolute atomic E-state index is 12.5. The second kappa shape index (κ2) is 10.0. The van der Waals surface area contributed by atoms with Crippen molar-refractivity contribution in [2.75, 3.05) is 6.54 Å². The summed E-state index contributed by atoms with van der Waals surface area (Å²) in [5, 5.41) is 3.03. The molecule has 1 unspecified atom stereocenters. The lowest BCUT2D eigenvalue weighted by molar-refractivity contribution is -0.121. The third-order valence-corrected chi connectivity index (χ3v) is 5.99. The van der Waals surface area contributed by atoms with Crippen LogP contribution in [0.25, 0.3) is 0 Å². The molecule has 0 saturated carbocycles. The first-order chi connectivity index (χ1) is 14.0. The first-order valence-electron chi connectivity index (χ1n) is 9.47. The number of hydrogen-bond acceptors (Lipinski definition) is 3. The highest BCUT2D eigenvalue weighted by molar-refractivity contribution is 7.89. The van der Waals surface area contributed by atoms with Gasteiger partial charge in [-0.05, 0) is 29.7 Å². The number of carbonyl (C=O) groups excluding carboxylic acids is 1. The SMILES string of the molecule is O=C(CCNS(=O)(=O)c1ccccc1)NC(Cc1ccccc1)c1ccccc1. The van der Waals surface area contributed by atoms with Crippen LogP contribution in [0.3, 0.4) is 0 Å². The normalized spacial score (nSPS) is 12.3. The molecule has 0 fully saturated rings. The molecule has 5 nitrogen and oxygen atoms in total. The lowest BCUT2D eigenvalue weighted by Gasteiger charge is -2.20. The maximum Gasteiger partial charge on any atom is 0.240 e. The highest BCUT2D eigenvalue weighted by Crippen LogP contribution is 2.18. The standard InChI is InChI=1S/C23H24N2O3S/c26-23(16-17-24-29(27,28)21-14-8-3-9-15-21)25-22(20-12-6-2-7-13-20)18-19-10-4-1-5-11-19/h1-15,22,24H,16-18H2,(H,25,26). The van der Waals surface area contributed by atoms with Crippen LogP contribution < -0.4 is 10.0 Å². The van der Waals surface area contributed by atoms with Gasteiger partial charge >= 0.3 is 0 Å². The molecule has 1 amide bonds. The Kier molecular flexibility index (Phi) is 7.16. The Labute approximate surface area is 171 Å². The molecule has 6 heteroatoms. The third-order valence-electron chi connectivity index (χ3n) is 4.52. The molecular formula is C23H24N2O3S. The lowest BCUT2D eigenvalue weighted by Crippen LogP contribution is -2.33. The van der Waals surface area contributed by atoms with Gasteiger partial charge < -0.3 is 5.32 Å². The maximum atomic E-state index is 12.5. The molecule has 150 valence electrons. The molecule has 0 bridgehead atoms. The van der Waals surface area contributed by atoms with E-state index in [2.05, 4.69) is 10.0 Å². The van der Waals surface area contributed by atoms with Crippen LogP contribution in [0.15, 0.2) is 95.9 Å². The number of amides is 1. The predicted octanol–water partition coefficient (Wildman–Crippen LogP) is 3.46. The second-order valence-corrected chi connectivity index (χ2v) is 8.45. The summed E-state index contributed by atoms with van der Waals surface area (Å²) in [6.45, 7) is 0.0376. The van der Waals surface area contributed by atoms with Gasteiger partial charge in [-0.2, -0.15) is 0 Å². The van der Waals surface area contributed by atoms with Crippen molar-refractivity contribution in [2.24, 2.45) is 0 Å². The number of nitrogens with one attached hydrogen (secondary N) is 2. The van der Waals surface area contributed by atoms with Crippen LogP contribution in [0.1, 0.15) is 23.6 Å². The van der Waals surface area contributed by atoms with Crippen molar-refractivity contribution in [3.63, 3.8) is 0 Å². The van der Waals surface area contributed by atoms with Gasteiger partial charge in [-0.15, -0.1) is 0 Å². The van der Waals surface area contributed by atoms with Crippen molar-refractivity contribution in [1.82, 2.24) is 10.0 Å².